The molecule has 158 valence electrons. The maximum atomic E-state index is 12.4. The van der Waals surface area contributed by atoms with E-state index < -0.39 is 0 Å². The van der Waals surface area contributed by atoms with Gasteiger partial charge in [0.25, 0.3) is 5.91 Å². The van der Waals surface area contributed by atoms with Crippen LogP contribution in [0.15, 0.2) is 65.8 Å². The first-order valence-corrected chi connectivity index (χ1v) is 9.94. The monoisotopic (exact) mass is 416 g/mol. The Morgan fingerprint density at radius 3 is 2.45 bits per heavy atom. The van der Waals surface area contributed by atoms with Crippen LogP contribution in [-0.2, 0) is 0 Å². The van der Waals surface area contributed by atoms with Crippen LogP contribution in [0, 0.1) is 0 Å². The van der Waals surface area contributed by atoms with Gasteiger partial charge in [-0.1, -0.05) is 12.1 Å². The molecule has 0 bridgehead atoms. The van der Waals surface area contributed by atoms with Crippen LogP contribution in [0.3, 0.4) is 0 Å². The van der Waals surface area contributed by atoms with E-state index >= 15 is 0 Å². The van der Waals surface area contributed by atoms with Gasteiger partial charge in [0, 0.05) is 36.1 Å². The molecule has 31 heavy (non-hydrogen) atoms. The number of nitrogen functional groups attached to an aromatic ring is 1. The summed E-state index contributed by atoms with van der Waals surface area (Å²) in [6.07, 6.45) is 2.78. The fourth-order valence-electron chi connectivity index (χ4n) is 3.22. The summed E-state index contributed by atoms with van der Waals surface area (Å²) in [6, 6.07) is 16.5. The molecule has 2 heterocycles. The Bertz CT molecular complexity index is 1110. The maximum Gasteiger partial charge on any atom is 0.253 e. The summed E-state index contributed by atoms with van der Waals surface area (Å²) in [7, 11) is 1.54. The van der Waals surface area contributed by atoms with Gasteiger partial charge >= 0.3 is 0 Å². The van der Waals surface area contributed by atoms with E-state index in [2.05, 4.69) is 15.3 Å². The summed E-state index contributed by atoms with van der Waals surface area (Å²) in [6.45, 7) is 1.59. The number of carbonyl (C=O) groups excluding carboxylic acids is 1. The van der Waals surface area contributed by atoms with Crippen molar-refractivity contribution < 1.29 is 9.53 Å². The van der Waals surface area contributed by atoms with E-state index in [1.54, 1.807) is 42.5 Å². The standard InChI is InChI=1S/C23H24N6O2/c1-31-20-13-16(22(30)29-11-2-12-29)5-9-19(20)27-23(25)28-21-10-6-17(14-26-21)15-3-7-18(24)8-4-15/h3-10,13-14H,2,11-12,24H2,1H3,(H3,25,26,27,28). The number of carbonyl (C=O) groups is 1. The largest absolute Gasteiger partial charge is 0.495 e. The number of amides is 1. The first-order valence-electron chi connectivity index (χ1n) is 9.94. The van der Waals surface area contributed by atoms with E-state index in [4.69, 9.17) is 16.2 Å². The minimum absolute atomic E-state index is 0.00290. The molecule has 1 aliphatic heterocycles. The van der Waals surface area contributed by atoms with E-state index in [0.717, 1.165) is 30.6 Å². The van der Waals surface area contributed by atoms with Crippen molar-refractivity contribution in [1.29, 1.82) is 0 Å². The smallest absolute Gasteiger partial charge is 0.253 e. The highest BCUT2D eigenvalue weighted by Crippen LogP contribution is 2.27. The number of aliphatic imine (C=N–C) groups is 1. The number of benzene rings is 2. The Morgan fingerprint density at radius 1 is 1.10 bits per heavy atom. The number of hydrogen-bond donors (Lipinski definition) is 3. The van der Waals surface area contributed by atoms with Crippen LogP contribution >= 0.6 is 0 Å². The van der Waals surface area contributed by atoms with E-state index in [1.165, 1.54) is 0 Å². The van der Waals surface area contributed by atoms with Crippen LogP contribution in [0.4, 0.5) is 17.2 Å². The van der Waals surface area contributed by atoms with E-state index in [0.29, 0.717) is 28.5 Å². The van der Waals surface area contributed by atoms with Gasteiger partial charge in [-0.05, 0) is 54.4 Å². The number of ether oxygens (including phenoxy) is 1. The molecule has 0 saturated carbocycles. The quantitative estimate of drug-likeness (QED) is 0.334. The fourth-order valence-corrected chi connectivity index (χ4v) is 3.22. The number of likely N-dealkylation sites (tertiary alicyclic amines) is 1. The lowest BCUT2D eigenvalue weighted by Crippen LogP contribution is -2.42. The molecule has 0 unspecified atom stereocenters. The molecule has 5 N–H and O–H groups in total. The van der Waals surface area contributed by atoms with Crippen molar-refractivity contribution in [3.05, 3.63) is 66.4 Å². The van der Waals surface area contributed by atoms with E-state index in [9.17, 15) is 4.79 Å². The zero-order valence-electron chi connectivity index (χ0n) is 17.2. The number of nitrogens with zero attached hydrogens (tertiary/aromatic N) is 3. The third-order valence-corrected chi connectivity index (χ3v) is 5.08. The molecule has 4 rings (SSSR count). The summed E-state index contributed by atoms with van der Waals surface area (Å²) in [4.78, 5) is 22.9. The number of methoxy groups -OCH3 is 1. The van der Waals surface area contributed by atoms with Crippen molar-refractivity contribution in [3.8, 4) is 16.9 Å². The second-order valence-corrected chi connectivity index (χ2v) is 7.21. The molecule has 8 nitrogen and oxygen atoms in total. The Hall–Kier alpha value is -4.07. The van der Waals surface area contributed by atoms with Gasteiger partial charge in [-0.2, -0.15) is 4.99 Å². The normalized spacial score (nSPS) is 13.5. The van der Waals surface area contributed by atoms with Crippen LogP contribution in [0.5, 0.6) is 5.75 Å². The lowest BCUT2D eigenvalue weighted by molar-refractivity contribution is 0.0651. The van der Waals surface area contributed by atoms with Crippen molar-refractivity contribution in [1.82, 2.24) is 9.88 Å². The molecule has 3 aromatic rings. The number of nitrogens with two attached hydrogens (primary N) is 2. The molecule has 0 atom stereocenters. The predicted octanol–water partition coefficient (Wildman–Crippen LogP) is 3.24. The van der Waals surface area contributed by atoms with Crippen LogP contribution in [-0.4, -0.2) is 41.9 Å². The number of hydrogen-bond acceptors (Lipinski definition) is 5. The fraction of sp³-hybridized carbons (Fsp3) is 0.174. The van der Waals surface area contributed by atoms with Crippen molar-refractivity contribution in [2.75, 3.05) is 31.2 Å². The van der Waals surface area contributed by atoms with Gasteiger partial charge in [0.05, 0.1) is 12.8 Å². The SMILES string of the molecule is COc1cc(C(=O)N2CCC2)ccc1NC(N)=Nc1ccc(-c2ccc(N)cc2)cn1. The number of aromatic nitrogens is 1. The van der Waals surface area contributed by atoms with Crippen LogP contribution in [0.2, 0.25) is 0 Å². The average Bonchev–Trinajstić information content (AvgIpc) is 2.74. The molecule has 1 fully saturated rings. The number of rotatable bonds is 5. The number of nitrogens with one attached hydrogen (secondary N) is 1. The first kappa shape index (κ1) is 20.2. The topological polar surface area (TPSA) is 119 Å². The zero-order chi connectivity index (χ0) is 21.8. The van der Waals surface area contributed by atoms with Crippen molar-refractivity contribution >= 4 is 29.1 Å². The third-order valence-electron chi connectivity index (χ3n) is 5.08. The van der Waals surface area contributed by atoms with E-state index in [1.807, 2.05) is 30.3 Å². The molecule has 0 aliphatic carbocycles. The Morgan fingerprint density at radius 2 is 1.84 bits per heavy atom. The zero-order valence-corrected chi connectivity index (χ0v) is 17.2. The lowest BCUT2D eigenvalue weighted by atomic mass is 10.1. The van der Waals surface area contributed by atoms with Crippen molar-refractivity contribution in [2.24, 2.45) is 10.7 Å². The van der Waals surface area contributed by atoms with Crippen LogP contribution < -0.4 is 21.5 Å². The minimum Gasteiger partial charge on any atom is -0.495 e. The predicted molar refractivity (Wildman–Crippen MR) is 123 cm³/mol. The molecule has 1 amide bonds. The van der Waals surface area contributed by atoms with Crippen LogP contribution in [0.1, 0.15) is 16.8 Å². The number of pyridine rings is 1. The molecular weight excluding hydrogens is 392 g/mol. The average molecular weight is 416 g/mol. The maximum absolute atomic E-state index is 12.4. The summed E-state index contributed by atoms with van der Waals surface area (Å²) < 4.78 is 5.42. The van der Waals surface area contributed by atoms with Gasteiger partial charge in [0.1, 0.15) is 5.75 Å². The van der Waals surface area contributed by atoms with Crippen molar-refractivity contribution in [2.45, 2.75) is 6.42 Å². The molecule has 1 aliphatic rings. The molecule has 1 aromatic heterocycles. The van der Waals surface area contributed by atoms with Gasteiger partial charge in [0.15, 0.2) is 11.8 Å². The highest BCUT2D eigenvalue weighted by Gasteiger charge is 2.22. The minimum atomic E-state index is 0.00290. The summed E-state index contributed by atoms with van der Waals surface area (Å²) in [5.74, 6) is 1.14. The summed E-state index contributed by atoms with van der Waals surface area (Å²) >= 11 is 0. The van der Waals surface area contributed by atoms with Gasteiger partial charge in [-0.25, -0.2) is 4.98 Å². The van der Waals surface area contributed by atoms with Gasteiger partial charge in [-0.3, -0.25) is 4.79 Å². The second kappa shape index (κ2) is 8.74. The summed E-state index contributed by atoms with van der Waals surface area (Å²) in [5.41, 5.74) is 15.7. The first-order chi connectivity index (χ1) is 15.0. The number of anilines is 2. The van der Waals surface area contributed by atoms with E-state index in [-0.39, 0.29) is 11.9 Å². The highest BCUT2D eigenvalue weighted by molar-refractivity contribution is 5.98. The van der Waals surface area contributed by atoms with Gasteiger partial charge in [0.2, 0.25) is 0 Å². The molecular formula is C23H24N6O2. The molecule has 0 radical (unpaired) electrons. The van der Waals surface area contributed by atoms with Gasteiger partial charge < -0.3 is 26.4 Å². The Balaban J connectivity index is 1.47. The molecule has 2 aromatic carbocycles. The highest BCUT2D eigenvalue weighted by atomic mass is 16.5. The Labute approximate surface area is 180 Å². The second-order valence-electron chi connectivity index (χ2n) is 7.21. The molecule has 8 heteroatoms. The van der Waals surface area contributed by atoms with Crippen LogP contribution in [0.25, 0.3) is 11.1 Å². The summed E-state index contributed by atoms with van der Waals surface area (Å²) in [5, 5.41) is 3.01. The lowest BCUT2D eigenvalue weighted by Gasteiger charge is -2.31. The van der Waals surface area contributed by atoms with Gasteiger partial charge in [-0.15, -0.1) is 0 Å². The molecule has 0 spiro atoms. The number of guanidine groups is 1. The Kier molecular flexibility index (Phi) is 5.70. The van der Waals surface area contributed by atoms with Crippen molar-refractivity contribution in [3.63, 3.8) is 0 Å². The molecule has 1 saturated heterocycles. The third kappa shape index (κ3) is 4.58.